The molecule has 1 aromatic rings. The number of morpholine rings is 1. The van der Waals surface area contributed by atoms with E-state index in [4.69, 9.17) is 16.3 Å². The van der Waals surface area contributed by atoms with E-state index < -0.39 is 0 Å². The number of hydrogen-bond donors (Lipinski definition) is 2. The second-order valence-corrected chi connectivity index (χ2v) is 9.90. The summed E-state index contributed by atoms with van der Waals surface area (Å²) in [6.07, 6.45) is 6.69. The van der Waals surface area contributed by atoms with Crippen molar-refractivity contribution in [3.8, 4) is 0 Å². The predicted molar refractivity (Wildman–Crippen MR) is 114 cm³/mol. The van der Waals surface area contributed by atoms with Crippen LogP contribution in [0.2, 0.25) is 5.02 Å². The van der Waals surface area contributed by atoms with Crippen molar-refractivity contribution in [2.75, 3.05) is 32.8 Å². The number of benzene rings is 1. The average Bonchev–Trinajstić information content (AvgIpc) is 2.72. The van der Waals surface area contributed by atoms with Gasteiger partial charge in [-0.25, -0.2) is 4.79 Å². The summed E-state index contributed by atoms with van der Waals surface area (Å²) in [6, 6.07) is 8.38. The number of carbonyl (C=O) groups excluding carboxylic acids is 1. The predicted octanol–water partition coefficient (Wildman–Crippen LogP) is 3.84. The minimum Gasteiger partial charge on any atom is -0.379 e. The molecule has 29 heavy (non-hydrogen) atoms. The largest absolute Gasteiger partial charge is 0.379 e. The molecule has 1 unspecified atom stereocenters. The van der Waals surface area contributed by atoms with Gasteiger partial charge in [0, 0.05) is 30.7 Å². The summed E-state index contributed by atoms with van der Waals surface area (Å²) in [5.41, 5.74) is 1.07. The van der Waals surface area contributed by atoms with Gasteiger partial charge in [0.25, 0.3) is 0 Å². The van der Waals surface area contributed by atoms with Crippen LogP contribution in [0, 0.1) is 23.7 Å². The fourth-order valence-corrected chi connectivity index (χ4v) is 6.88. The Balaban J connectivity index is 1.23. The summed E-state index contributed by atoms with van der Waals surface area (Å²) in [6.45, 7) is 3.72. The van der Waals surface area contributed by atoms with E-state index in [1.165, 1.54) is 32.1 Å². The van der Waals surface area contributed by atoms with Gasteiger partial charge in [-0.2, -0.15) is 0 Å². The van der Waals surface area contributed by atoms with Gasteiger partial charge in [0.15, 0.2) is 0 Å². The molecule has 5 fully saturated rings. The number of rotatable bonds is 5. The highest BCUT2D eigenvalue weighted by atomic mass is 35.5. The molecule has 4 saturated carbocycles. The Bertz CT molecular complexity index is 709. The van der Waals surface area contributed by atoms with Crippen LogP contribution in [-0.4, -0.2) is 49.8 Å². The lowest BCUT2D eigenvalue weighted by molar-refractivity contribution is -0.00967. The molecule has 1 aromatic carbocycles. The standard InChI is InChI=1S/C23H32ClN3O2/c24-20-4-2-1-3-19(20)21(27-5-7-29-8-6-27)14-25-23(28)26-22-17-10-15-9-16(12-17)13-18(22)11-15/h1-4,15-18,21-22H,5-14H2,(H2,25,26,28). The minimum atomic E-state index is -0.0206. The zero-order chi connectivity index (χ0) is 19.8. The molecule has 4 bridgehead atoms. The zero-order valence-electron chi connectivity index (χ0n) is 17.0. The number of urea groups is 1. The van der Waals surface area contributed by atoms with Gasteiger partial charge in [0.1, 0.15) is 0 Å². The summed E-state index contributed by atoms with van der Waals surface area (Å²) in [7, 11) is 0. The molecule has 2 amide bonds. The van der Waals surface area contributed by atoms with Gasteiger partial charge in [0.05, 0.1) is 19.3 Å². The van der Waals surface area contributed by atoms with Crippen LogP contribution in [0.25, 0.3) is 0 Å². The van der Waals surface area contributed by atoms with E-state index >= 15 is 0 Å². The Kier molecular flexibility index (Phi) is 5.72. The topological polar surface area (TPSA) is 53.6 Å². The van der Waals surface area contributed by atoms with E-state index in [9.17, 15) is 4.79 Å². The van der Waals surface area contributed by atoms with E-state index in [2.05, 4.69) is 21.6 Å². The fraction of sp³-hybridized carbons (Fsp3) is 0.696. The third-order valence-electron chi connectivity index (χ3n) is 7.73. The number of ether oxygens (including phenoxy) is 1. The van der Waals surface area contributed by atoms with Crippen LogP contribution in [0.1, 0.15) is 43.7 Å². The van der Waals surface area contributed by atoms with Crippen LogP contribution in [0.5, 0.6) is 0 Å². The van der Waals surface area contributed by atoms with E-state index in [0.29, 0.717) is 24.4 Å². The van der Waals surface area contributed by atoms with Crippen molar-refractivity contribution >= 4 is 17.6 Å². The molecule has 6 heteroatoms. The normalized spacial score (nSPS) is 34.7. The molecule has 6 rings (SSSR count). The second kappa shape index (κ2) is 8.44. The summed E-state index contributed by atoms with van der Waals surface area (Å²) in [5, 5.41) is 7.29. The first-order valence-electron chi connectivity index (χ1n) is 11.3. The molecule has 158 valence electrons. The van der Waals surface area contributed by atoms with Crippen LogP contribution in [0.3, 0.4) is 0 Å². The van der Waals surface area contributed by atoms with Crippen molar-refractivity contribution < 1.29 is 9.53 Å². The van der Waals surface area contributed by atoms with E-state index in [1.54, 1.807) is 0 Å². The second-order valence-electron chi connectivity index (χ2n) is 9.50. The van der Waals surface area contributed by atoms with Crippen molar-refractivity contribution in [1.82, 2.24) is 15.5 Å². The Morgan fingerprint density at radius 2 is 1.72 bits per heavy atom. The molecular weight excluding hydrogens is 386 g/mol. The smallest absolute Gasteiger partial charge is 0.315 e. The van der Waals surface area contributed by atoms with E-state index in [-0.39, 0.29) is 12.1 Å². The molecular formula is C23H32ClN3O2. The molecule has 5 aliphatic rings. The van der Waals surface area contributed by atoms with Gasteiger partial charge in [0.2, 0.25) is 0 Å². The number of carbonyl (C=O) groups is 1. The molecule has 1 saturated heterocycles. The third-order valence-corrected chi connectivity index (χ3v) is 8.08. The third kappa shape index (κ3) is 4.14. The first-order valence-corrected chi connectivity index (χ1v) is 11.7. The number of nitrogens with zero attached hydrogens (tertiary/aromatic N) is 1. The van der Waals surface area contributed by atoms with E-state index in [1.807, 2.05) is 18.2 Å². The molecule has 0 radical (unpaired) electrons. The first kappa shape index (κ1) is 19.7. The quantitative estimate of drug-likeness (QED) is 0.765. The number of amides is 2. The molecule has 5 nitrogen and oxygen atoms in total. The maximum atomic E-state index is 12.8. The average molecular weight is 418 g/mol. The summed E-state index contributed by atoms with van der Waals surface area (Å²) in [4.78, 5) is 15.2. The van der Waals surface area contributed by atoms with Crippen molar-refractivity contribution in [3.05, 3.63) is 34.9 Å². The Morgan fingerprint density at radius 1 is 1.07 bits per heavy atom. The van der Waals surface area contributed by atoms with Gasteiger partial charge in [-0.3, -0.25) is 4.90 Å². The van der Waals surface area contributed by atoms with Gasteiger partial charge in [-0.15, -0.1) is 0 Å². The van der Waals surface area contributed by atoms with Crippen LogP contribution in [-0.2, 0) is 4.74 Å². The van der Waals surface area contributed by atoms with Crippen LogP contribution < -0.4 is 10.6 Å². The first-order chi connectivity index (χ1) is 14.2. The number of hydrogen-bond acceptors (Lipinski definition) is 3. The maximum Gasteiger partial charge on any atom is 0.315 e. The fourth-order valence-electron chi connectivity index (χ4n) is 6.62. The van der Waals surface area contributed by atoms with Crippen molar-refractivity contribution in [2.24, 2.45) is 23.7 Å². The van der Waals surface area contributed by atoms with Gasteiger partial charge in [-0.1, -0.05) is 29.8 Å². The molecule has 0 spiro atoms. The van der Waals surface area contributed by atoms with Crippen molar-refractivity contribution in [3.63, 3.8) is 0 Å². The lowest BCUT2D eigenvalue weighted by Gasteiger charge is -2.54. The van der Waals surface area contributed by atoms with Gasteiger partial charge in [-0.05, 0) is 67.4 Å². The van der Waals surface area contributed by atoms with Gasteiger partial charge < -0.3 is 15.4 Å². The summed E-state index contributed by atoms with van der Waals surface area (Å²) in [5.74, 6) is 3.22. The number of nitrogens with one attached hydrogen (secondary N) is 2. The number of halogens is 1. The minimum absolute atomic E-state index is 0.0206. The highest BCUT2D eigenvalue weighted by molar-refractivity contribution is 6.31. The molecule has 2 N–H and O–H groups in total. The monoisotopic (exact) mass is 417 g/mol. The maximum absolute atomic E-state index is 12.8. The van der Waals surface area contributed by atoms with Gasteiger partial charge >= 0.3 is 6.03 Å². The highest BCUT2D eigenvalue weighted by Gasteiger charge is 2.48. The Hall–Kier alpha value is -1.30. The van der Waals surface area contributed by atoms with Crippen molar-refractivity contribution in [1.29, 1.82) is 0 Å². The van der Waals surface area contributed by atoms with Crippen molar-refractivity contribution in [2.45, 2.75) is 44.2 Å². The molecule has 1 heterocycles. The van der Waals surface area contributed by atoms with Crippen LogP contribution >= 0.6 is 11.6 Å². The van der Waals surface area contributed by atoms with E-state index in [0.717, 1.165) is 48.7 Å². The molecule has 1 aliphatic heterocycles. The zero-order valence-corrected chi connectivity index (χ0v) is 17.7. The molecule has 0 aromatic heterocycles. The van der Waals surface area contributed by atoms with Crippen LogP contribution in [0.4, 0.5) is 4.79 Å². The summed E-state index contributed by atoms with van der Waals surface area (Å²) < 4.78 is 5.52. The summed E-state index contributed by atoms with van der Waals surface area (Å²) >= 11 is 6.51. The molecule has 4 aliphatic carbocycles. The lowest BCUT2D eigenvalue weighted by Crippen LogP contribution is -2.58. The lowest BCUT2D eigenvalue weighted by atomic mass is 9.54. The Labute approximate surface area is 178 Å². The highest BCUT2D eigenvalue weighted by Crippen LogP contribution is 2.53. The molecule has 1 atom stereocenters. The Morgan fingerprint density at radius 3 is 2.38 bits per heavy atom. The SMILES string of the molecule is O=C(NCC(c1ccccc1Cl)N1CCOCC1)NC1C2CC3CC(C2)CC1C3. The van der Waals surface area contributed by atoms with Crippen LogP contribution in [0.15, 0.2) is 24.3 Å².